The zero-order chi connectivity index (χ0) is 8.27. The van der Waals surface area contributed by atoms with Crippen molar-refractivity contribution in [1.82, 2.24) is 5.32 Å². The zero-order valence-corrected chi connectivity index (χ0v) is 8.16. The van der Waals surface area contributed by atoms with E-state index in [1.807, 2.05) is 18.4 Å². The Hall–Kier alpha value is -0.340. The van der Waals surface area contributed by atoms with Gasteiger partial charge in [-0.05, 0) is 30.0 Å². The van der Waals surface area contributed by atoms with E-state index in [4.69, 9.17) is 0 Å². The van der Waals surface area contributed by atoms with E-state index in [-0.39, 0.29) is 1.43 Å². The molecule has 0 aliphatic heterocycles. The first-order chi connectivity index (χ1) is 5.24. The molecule has 0 spiro atoms. The van der Waals surface area contributed by atoms with Crippen molar-refractivity contribution < 1.29 is 1.43 Å². The van der Waals surface area contributed by atoms with Gasteiger partial charge < -0.3 is 5.32 Å². The van der Waals surface area contributed by atoms with Gasteiger partial charge in [-0.1, -0.05) is 13.8 Å². The highest BCUT2D eigenvalue weighted by molar-refractivity contribution is 7.10. The summed E-state index contributed by atoms with van der Waals surface area (Å²) >= 11 is 1.84. The highest BCUT2D eigenvalue weighted by atomic mass is 32.1. The van der Waals surface area contributed by atoms with E-state index in [9.17, 15) is 0 Å². The average molecular weight is 171 g/mol. The summed E-state index contributed by atoms with van der Waals surface area (Å²) in [6.07, 6.45) is 0. The van der Waals surface area contributed by atoms with Crippen LogP contribution in [0.1, 0.15) is 31.6 Å². The molecule has 11 heavy (non-hydrogen) atoms. The highest BCUT2D eigenvalue weighted by Gasteiger charge is 2.01. The van der Waals surface area contributed by atoms with Gasteiger partial charge in [-0.25, -0.2) is 0 Å². The second-order valence-electron chi connectivity index (χ2n) is 3.03. The Bertz CT molecular complexity index is 220. The summed E-state index contributed by atoms with van der Waals surface area (Å²) in [6.45, 7) is 5.45. The lowest BCUT2D eigenvalue weighted by molar-refractivity contribution is 0.824. The van der Waals surface area contributed by atoms with Crippen LogP contribution in [0.5, 0.6) is 0 Å². The van der Waals surface area contributed by atoms with Gasteiger partial charge in [0.15, 0.2) is 0 Å². The molecular weight excluding hydrogens is 154 g/mol. The molecule has 0 aromatic carbocycles. The van der Waals surface area contributed by atoms with E-state index < -0.39 is 0 Å². The van der Waals surface area contributed by atoms with Crippen LogP contribution in [-0.4, -0.2) is 7.05 Å². The molecule has 0 saturated heterocycles. The lowest BCUT2D eigenvalue weighted by Crippen LogP contribution is -2.02. The summed E-state index contributed by atoms with van der Waals surface area (Å²) in [7, 11) is 1.98. The van der Waals surface area contributed by atoms with Gasteiger partial charge in [-0.15, -0.1) is 11.3 Å². The van der Waals surface area contributed by atoms with Crippen LogP contribution in [-0.2, 0) is 6.54 Å². The van der Waals surface area contributed by atoms with E-state index in [2.05, 4.69) is 30.6 Å². The topological polar surface area (TPSA) is 12.0 Å². The lowest BCUT2D eigenvalue weighted by atomic mass is 10.1. The van der Waals surface area contributed by atoms with E-state index in [1.54, 1.807) is 0 Å². The van der Waals surface area contributed by atoms with Crippen LogP contribution >= 0.6 is 11.3 Å². The average Bonchev–Trinajstić information content (AvgIpc) is 2.37. The van der Waals surface area contributed by atoms with Crippen LogP contribution in [0.25, 0.3) is 0 Å². The molecule has 0 atom stereocenters. The van der Waals surface area contributed by atoms with E-state index in [1.165, 1.54) is 10.4 Å². The molecule has 1 heterocycles. The zero-order valence-electron chi connectivity index (χ0n) is 7.35. The third kappa shape index (κ3) is 2.31. The second-order valence-corrected chi connectivity index (χ2v) is 4.03. The van der Waals surface area contributed by atoms with Crippen LogP contribution in [0.15, 0.2) is 11.4 Å². The Balaban J connectivity index is 0.00000121. The predicted molar refractivity (Wildman–Crippen MR) is 53.3 cm³/mol. The molecule has 1 aromatic heterocycles. The first-order valence-corrected chi connectivity index (χ1v) is 4.84. The van der Waals surface area contributed by atoms with Gasteiger partial charge in [-0.2, -0.15) is 0 Å². The van der Waals surface area contributed by atoms with Gasteiger partial charge in [0.05, 0.1) is 0 Å². The fourth-order valence-corrected chi connectivity index (χ4v) is 2.03. The maximum atomic E-state index is 3.15. The van der Waals surface area contributed by atoms with Crippen molar-refractivity contribution in [2.45, 2.75) is 26.3 Å². The smallest absolute Gasteiger partial charge is 0.0296 e. The molecule has 1 N–H and O–H groups in total. The molecule has 0 radical (unpaired) electrons. The van der Waals surface area contributed by atoms with Gasteiger partial charge in [-0.3, -0.25) is 0 Å². The van der Waals surface area contributed by atoms with E-state index in [0.29, 0.717) is 5.92 Å². The Kier molecular flexibility index (Phi) is 3.09. The maximum absolute atomic E-state index is 3.15. The van der Waals surface area contributed by atoms with Crippen molar-refractivity contribution in [3.63, 3.8) is 0 Å². The fourth-order valence-electron chi connectivity index (χ4n) is 0.967. The Morgan fingerprint density at radius 2 is 2.36 bits per heavy atom. The summed E-state index contributed by atoms with van der Waals surface area (Å²) in [6, 6.07) is 2.28. The minimum Gasteiger partial charge on any atom is -0.315 e. The number of rotatable bonds is 3. The minimum atomic E-state index is 0. The highest BCUT2D eigenvalue weighted by Crippen LogP contribution is 2.21. The Morgan fingerprint density at radius 1 is 1.64 bits per heavy atom. The molecule has 0 amide bonds. The largest absolute Gasteiger partial charge is 0.315 e. The van der Waals surface area contributed by atoms with Gasteiger partial charge in [0, 0.05) is 12.8 Å². The van der Waals surface area contributed by atoms with Crippen LogP contribution in [0, 0.1) is 0 Å². The lowest BCUT2D eigenvalue weighted by Gasteiger charge is -1.97. The Morgan fingerprint density at radius 3 is 2.82 bits per heavy atom. The number of hydrogen-bond acceptors (Lipinski definition) is 2. The SMILES string of the molecule is CNCc1cc(C(C)C)cs1.[HH]. The van der Waals surface area contributed by atoms with Gasteiger partial charge in [0.25, 0.3) is 0 Å². The van der Waals surface area contributed by atoms with Crippen LogP contribution in [0.2, 0.25) is 0 Å². The molecule has 64 valence electrons. The Labute approximate surface area is 73.9 Å². The molecule has 0 aliphatic rings. The van der Waals surface area contributed by atoms with Crippen LogP contribution in [0.3, 0.4) is 0 Å². The second kappa shape index (κ2) is 3.88. The summed E-state index contributed by atoms with van der Waals surface area (Å²) in [5.41, 5.74) is 1.46. The van der Waals surface area contributed by atoms with Gasteiger partial charge >= 0.3 is 0 Å². The summed E-state index contributed by atoms with van der Waals surface area (Å²) < 4.78 is 0. The quantitative estimate of drug-likeness (QED) is 0.737. The number of nitrogens with one attached hydrogen (secondary N) is 1. The monoisotopic (exact) mass is 171 g/mol. The molecule has 0 saturated carbocycles. The molecule has 1 rings (SSSR count). The fraction of sp³-hybridized carbons (Fsp3) is 0.556. The molecule has 0 bridgehead atoms. The van der Waals surface area contributed by atoms with Gasteiger partial charge in [0.2, 0.25) is 0 Å². The van der Waals surface area contributed by atoms with E-state index in [0.717, 1.165) is 6.54 Å². The summed E-state index contributed by atoms with van der Waals surface area (Å²) in [5, 5.41) is 5.39. The third-order valence-electron chi connectivity index (χ3n) is 1.69. The van der Waals surface area contributed by atoms with Gasteiger partial charge in [0.1, 0.15) is 0 Å². The molecule has 0 aliphatic carbocycles. The van der Waals surface area contributed by atoms with Crippen molar-refractivity contribution >= 4 is 11.3 Å². The molecule has 1 aromatic rings. The third-order valence-corrected chi connectivity index (χ3v) is 2.65. The standard InChI is InChI=1S/C9H15NS.H2/c1-7(2)8-4-9(5-10-3)11-6-8;/h4,6-7,10H,5H2,1-3H3;1H. The van der Waals surface area contributed by atoms with Crippen molar-refractivity contribution in [2.24, 2.45) is 0 Å². The maximum Gasteiger partial charge on any atom is 0.0296 e. The molecule has 0 fully saturated rings. The van der Waals surface area contributed by atoms with E-state index >= 15 is 0 Å². The van der Waals surface area contributed by atoms with Crippen molar-refractivity contribution in [3.8, 4) is 0 Å². The summed E-state index contributed by atoms with van der Waals surface area (Å²) in [5.74, 6) is 0.664. The van der Waals surface area contributed by atoms with Crippen LogP contribution < -0.4 is 5.32 Å². The molecular formula is C9H17NS. The predicted octanol–water partition coefficient (Wildman–Crippen LogP) is 2.84. The molecule has 0 unspecified atom stereocenters. The normalized spacial score (nSPS) is 10.9. The van der Waals surface area contributed by atoms with Crippen molar-refractivity contribution in [1.29, 1.82) is 0 Å². The molecule has 1 nitrogen and oxygen atoms in total. The van der Waals surface area contributed by atoms with Crippen molar-refractivity contribution in [2.75, 3.05) is 7.05 Å². The molecule has 2 heteroatoms. The first kappa shape index (κ1) is 8.75. The number of hydrogen-bond donors (Lipinski definition) is 1. The minimum absolute atomic E-state index is 0. The number of thiophene rings is 1. The van der Waals surface area contributed by atoms with Crippen molar-refractivity contribution in [3.05, 3.63) is 21.9 Å². The summed E-state index contributed by atoms with van der Waals surface area (Å²) in [4.78, 5) is 1.43. The van der Waals surface area contributed by atoms with Crippen LogP contribution in [0.4, 0.5) is 0 Å². The first-order valence-electron chi connectivity index (χ1n) is 3.96.